The number of pyridine rings is 2. The lowest BCUT2D eigenvalue weighted by Gasteiger charge is -2.25. The van der Waals surface area contributed by atoms with Gasteiger partial charge < -0.3 is 18.9 Å². The van der Waals surface area contributed by atoms with Crippen LogP contribution in [0.1, 0.15) is 0 Å². The van der Waals surface area contributed by atoms with E-state index in [1.54, 1.807) is 0 Å². The molecule has 0 saturated heterocycles. The number of nitrogens with zero attached hydrogens (tertiary/aromatic N) is 6. The van der Waals surface area contributed by atoms with Crippen molar-refractivity contribution in [2.45, 2.75) is 0 Å². The van der Waals surface area contributed by atoms with Gasteiger partial charge >= 0.3 is 0 Å². The third-order valence-corrected chi connectivity index (χ3v) is 15.3. The lowest BCUT2D eigenvalue weighted by Crippen LogP contribution is -2.09. The quantitative estimate of drug-likeness (QED) is 0.128. The first kappa shape index (κ1) is 44.9. The zero-order chi connectivity index (χ0) is 51.5. The lowest BCUT2D eigenvalue weighted by molar-refractivity contribution is 1.18. The van der Waals surface area contributed by atoms with Crippen LogP contribution in [-0.4, -0.2) is 19.1 Å². The van der Waals surface area contributed by atoms with Crippen molar-refractivity contribution in [3.8, 4) is 33.6 Å². The maximum absolute atomic E-state index is 5.07. The zero-order valence-electron chi connectivity index (χ0n) is 42.4. The van der Waals surface area contributed by atoms with Crippen LogP contribution >= 0.6 is 0 Å². The molecule has 11 aromatic carbocycles. The van der Waals surface area contributed by atoms with Gasteiger partial charge in [0.25, 0.3) is 0 Å². The van der Waals surface area contributed by atoms with Gasteiger partial charge in [0.15, 0.2) is 0 Å². The number of hydrogen-bond acceptors (Lipinski definition) is 4. The highest BCUT2D eigenvalue weighted by molar-refractivity contribution is 6.12. The Morgan fingerprint density at radius 1 is 0.244 bits per heavy atom. The minimum atomic E-state index is 0.891. The topological polar surface area (TPSA) is 42.1 Å². The van der Waals surface area contributed by atoms with Crippen molar-refractivity contribution in [1.29, 1.82) is 0 Å². The summed E-state index contributed by atoms with van der Waals surface area (Å²) in [5, 5.41) is 6.94. The van der Waals surface area contributed by atoms with Crippen molar-refractivity contribution in [2.75, 3.05) is 9.80 Å². The average Bonchev–Trinajstić information content (AvgIpc) is 4.16. The van der Waals surface area contributed by atoms with E-state index in [-0.39, 0.29) is 0 Å². The van der Waals surface area contributed by atoms with Crippen molar-refractivity contribution in [3.05, 3.63) is 291 Å². The number of aromatic nitrogens is 4. The highest BCUT2D eigenvalue weighted by atomic mass is 15.1. The van der Waals surface area contributed by atoms with Crippen LogP contribution in [0.2, 0.25) is 0 Å². The predicted octanol–water partition coefficient (Wildman–Crippen LogP) is 19.3. The van der Waals surface area contributed by atoms with Gasteiger partial charge in [0.1, 0.15) is 0 Å². The molecule has 0 aliphatic carbocycles. The van der Waals surface area contributed by atoms with Crippen LogP contribution in [0, 0.1) is 0 Å². The Labute approximate surface area is 451 Å². The van der Waals surface area contributed by atoms with Crippen molar-refractivity contribution < 1.29 is 0 Å². The molecule has 0 unspecified atom stereocenters. The summed E-state index contributed by atoms with van der Waals surface area (Å²) in [5.41, 5.74) is 19.6. The van der Waals surface area contributed by atoms with Crippen molar-refractivity contribution >= 4 is 99.5 Å². The Balaban J connectivity index is 0.715. The van der Waals surface area contributed by atoms with Crippen molar-refractivity contribution in [3.63, 3.8) is 0 Å². The summed E-state index contributed by atoms with van der Waals surface area (Å²) in [5.74, 6) is 0. The molecule has 0 radical (unpaired) electrons. The number of hydrogen-bond donors (Lipinski definition) is 0. The fraction of sp³-hybridized carbons (Fsp3) is 0. The molecule has 0 spiro atoms. The van der Waals surface area contributed by atoms with Crippen LogP contribution in [-0.2, 0) is 0 Å². The fourth-order valence-corrected chi connectivity index (χ4v) is 11.7. The zero-order valence-corrected chi connectivity index (χ0v) is 42.4. The highest BCUT2D eigenvalue weighted by Gasteiger charge is 2.20. The van der Waals surface area contributed by atoms with Gasteiger partial charge in [-0.3, -0.25) is 9.97 Å². The number of para-hydroxylation sites is 6. The first-order valence-corrected chi connectivity index (χ1v) is 26.5. The minimum Gasteiger partial charge on any atom is -0.310 e. The molecule has 0 amide bonds. The number of anilines is 6. The van der Waals surface area contributed by atoms with Crippen molar-refractivity contribution in [2.24, 2.45) is 0 Å². The van der Waals surface area contributed by atoms with E-state index in [1.807, 2.05) is 12.4 Å². The molecule has 0 bridgehead atoms. The Hall–Kier alpha value is -10.6. The Bertz CT molecular complexity index is 4320. The van der Waals surface area contributed by atoms with E-state index in [1.165, 1.54) is 32.6 Å². The third-order valence-electron chi connectivity index (χ3n) is 15.3. The molecular weight excluding hydrogens is 949 g/mol. The number of rotatable bonds is 10. The van der Waals surface area contributed by atoms with Gasteiger partial charge in [-0.05, 0) is 145 Å². The molecule has 0 atom stereocenters. The van der Waals surface area contributed by atoms with Gasteiger partial charge in [-0.1, -0.05) is 146 Å². The van der Waals surface area contributed by atoms with Gasteiger partial charge in [0.2, 0.25) is 0 Å². The van der Waals surface area contributed by atoms with Gasteiger partial charge in [-0.15, -0.1) is 0 Å². The van der Waals surface area contributed by atoms with Crippen LogP contribution in [0.25, 0.3) is 99.0 Å². The fourth-order valence-electron chi connectivity index (χ4n) is 11.7. The van der Waals surface area contributed by atoms with E-state index in [4.69, 9.17) is 9.97 Å². The second kappa shape index (κ2) is 18.7. The van der Waals surface area contributed by atoms with E-state index < -0.39 is 0 Å². The van der Waals surface area contributed by atoms with Crippen LogP contribution in [0.4, 0.5) is 34.1 Å². The highest BCUT2D eigenvalue weighted by Crippen LogP contribution is 2.42. The summed E-state index contributed by atoms with van der Waals surface area (Å²) in [7, 11) is 0. The summed E-state index contributed by atoms with van der Waals surface area (Å²) in [6, 6.07) is 99.9. The Morgan fingerprint density at radius 3 is 0.949 bits per heavy atom. The molecular formula is C72H48N6. The maximum Gasteiger partial charge on any atom is 0.0965 e. The molecule has 366 valence electrons. The first-order valence-electron chi connectivity index (χ1n) is 26.5. The van der Waals surface area contributed by atoms with Crippen LogP contribution in [0.15, 0.2) is 291 Å². The van der Waals surface area contributed by atoms with E-state index >= 15 is 0 Å². The SMILES string of the molecule is c1ccc(N(c2ccccc2)c2ccc3c(c2)c2ccccc2n3-c2ccc(-c3cnc4c(ccc5cc(-c6ccc(-n7c8ccccc8c8cc(N(c9ccccc9)c9ccccc9)ccc87)cc6)cnc54)c3)cc2)cc1. The summed E-state index contributed by atoms with van der Waals surface area (Å²) < 4.78 is 4.75. The molecule has 15 rings (SSSR count). The molecule has 4 heterocycles. The summed E-state index contributed by atoms with van der Waals surface area (Å²) in [6.45, 7) is 0. The van der Waals surface area contributed by atoms with Gasteiger partial charge in [-0.25, -0.2) is 0 Å². The van der Waals surface area contributed by atoms with E-state index in [9.17, 15) is 0 Å². The summed E-state index contributed by atoms with van der Waals surface area (Å²) >= 11 is 0. The Morgan fingerprint density at radius 2 is 0.577 bits per heavy atom. The van der Waals surface area contributed by atoms with Gasteiger partial charge in [0.05, 0.1) is 33.1 Å². The minimum absolute atomic E-state index is 0.891. The van der Waals surface area contributed by atoms with Crippen molar-refractivity contribution in [1.82, 2.24) is 19.1 Å². The van der Waals surface area contributed by atoms with Gasteiger partial charge in [0, 0.05) is 101 Å². The lowest BCUT2D eigenvalue weighted by atomic mass is 10.0. The Kier molecular flexibility index (Phi) is 10.7. The largest absolute Gasteiger partial charge is 0.310 e. The first-order chi connectivity index (χ1) is 38.7. The normalized spacial score (nSPS) is 11.6. The number of benzene rings is 11. The molecule has 0 aliphatic heterocycles. The van der Waals surface area contributed by atoms with E-state index in [2.05, 4.69) is 298 Å². The third kappa shape index (κ3) is 7.65. The summed E-state index contributed by atoms with van der Waals surface area (Å²) in [6.07, 6.45) is 3.96. The summed E-state index contributed by atoms with van der Waals surface area (Å²) in [4.78, 5) is 14.8. The molecule has 0 fully saturated rings. The standard InChI is InChI=1S/C72H48N6/c1-5-17-55(18-6-1)75(56-19-7-2-8-20-56)61-39-41-69-65(45-61)63-25-13-15-27-67(63)77(69)59-35-31-49(32-36-59)53-43-51-29-30-52-44-54(48-74-72(52)71(51)73-47-53)50-33-37-60(38-34-50)78-68-28-16-14-26-64(68)66-46-62(40-42-70(66)78)76(57-21-9-3-10-22-57)58-23-11-4-12-24-58/h1-48H. The van der Waals surface area contributed by atoms with E-state index in [0.717, 1.165) is 101 Å². The predicted molar refractivity (Wildman–Crippen MR) is 326 cm³/mol. The smallest absolute Gasteiger partial charge is 0.0965 e. The van der Waals surface area contributed by atoms with Crippen LogP contribution in [0.3, 0.4) is 0 Å². The number of fused-ring (bicyclic) bond motifs is 9. The molecule has 6 nitrogen and oxygen atoms in total. The van der Waals surface area contributed by atoms with Gasteiger partial charge in [-0.2, -0.15) is 0 Å². The second-order valence-corrected chi connectivity index (χ2v) is 19.9. The van der Waals surface area contributed by atoms with E-state index in [0.29, 0.717) is 0 Å². The second-order valence-electron chi connectivity index (χ2n) is 19.9. The molecule has 15 aromatic rings. The molecule has 78 heavy (non-hydrogen) atoms. The molecule has 4 aromatic heterocycles. The monoisotopic (exact) mass is 996 g/mol. The molecule has 0 N–H and O–H groups in total. The maximum atomic E-state index is 5.07. The molecule has 6 heteroatoms. The molecule has 0 saturated carbocycles. The molecule has 0 aliphatic rings. The average molecular weight is 997 g/mol. The van der Waals surface area contributed by atoms with Crippen LogP contribution < -0.4 is 9.80 Å². The van der Waals surface area contributed by atoms with Crippen LogP contribution in [0.5, 0.6) is 0 Å².